The van der Waals surface area contributed by atoms with Crippen LogP contribution in [0, 0.1) is 0 Å². The van der Waals surface area contributed by atoms with Gasteiger partial charge in [0, 0.05) is 24.2 Å². The average Bonchev–Trinajstić information content (AvgIpc) is 2.80. The number of hydrogen-bond acceptors (Lipinski definition) is 4. The van der Waals surface area contributed by atoms with Gasteiger partial charge in [0.2, 0.25) is 11.8 Å². The molecule has 6 heteroatoms. The quantitative estimate of drug-likeness (QED) is 0.452. The number of ether oxygens (including phenoxy) is 1. The second-order valence-corrected chi connectivity index (χ2v) is 6.47. The van der Waals surface area contributed by atoms with E-state index in [1.807, 2.05) is 84.9 Å². The molecule has 0 saturated carbocycles. The number of nitrogens with zero attached hydrogens (tertiary/aromatic N) is 2. The monoisotopic (exact) mass is 401 g/mol. The van der Waals surface area contributed by atoms with Crippen molar-refractivity contribution in [1.29, 1.82) is 0 Å². The Morgan fingerprint density at radius 2 is 1.43 bits per heavy atom. The molecule has 0 aliphatic carbocycles. The largest absolute Gasteiger partial charge is 0.497 e. The van der Waals surface area contributed by atoms with Crippen molar-refractivity contribution in [2.45, 2.75) is 12.8 Å². The van der Waals surface area contributed by atoms with Gasteiger partial charge in [-0.1, -0.05) is 36.4 Å². The van der Waals surface area contributed by atoms with E-state index in [4.69, 9.17) is 4.74 Å². The van der Waals surface area contributed by atoms with Crippen LogP contribution in [0.25, 0.3) is 0 Å². The maximum Gasteiger partial charge on any atom is 0.240 e. The van der Waals surface area contributed by atoms with Crippen LogP contribution in [0.1, 0.15) is 18.4 Å². The number of amides is 2. The Bertz CT molecular complexity index is 948. The Labute approximate surface area is 175 Å². The molecule has 3 rings (SSSR count). The number of benzene rings is 3. The highest BCUT2D eigenvalue weighted by Crippen LogP contribution is 2.26. The summed E-state index contributed by atoms with van der Waals surface area (Å²) < 4.78 is 5.10. The number of nitrogens with one attached hydrogen (secondary N) is 1. The molecule has 6 nitrogen and oxygen atoms in total. The zero-order valence-corrected chi connectivity index (χ0v) is 16.7. The summed E-state index contributed by atoms with van der Waals surface area (Å²) in [5.41, 5.74) is 4.80. The zero-order chi connectivity index (χ0) is 21.2. The number of methoxy groups -OCH3 is 1. The summed E-state index contributed by atoms with van der Waals surface area (Å²) in [6.45, 7) is 0. The molecule has 0 heterocycles. The van der Waals surface area contributed by atoms with Crippen LogP contribution in [-0.2, 0) is 9.59 Å². The van der Waals surface area contributed by atoms with E-state index in [2.05, 4.69) is 10.5 Å². The van der Waals surface area contributed by atoms with Gasteiger partial charge in [-0.25, -0.2) is 5.43 Å². The zero-order valence-electron chi connectivity index (χ0n) is 16.7. The second-order valence-electron chi connectivity index (χ2n) is 6.47. The lowest BCUT2D eigenvalue weighted by Gasteiger charge is -2.23. The summed E-state index contributed by atoms with van der Waals surface area (Å²) in [5.74, 6) is 0.256. The molecule has 0 unspecified atom stereocenters. The van der Waals surface area contributed by atoms with Crippen molar-refractivity contribution in [3.8, 4) is 5.75 Å². The molecule has 0 radical (unpaired) electrons. The van der Waals surface area contributed by atoms with Gasteiger partial charge < -0.3 is 4.74 Å². The van der Waals surface area contributed by atoms with Crippen LogP contribution in [0.3, 0.4) is 0 Å². The topological polar surface area (TPSA) is 71.0 Å². The Hall–Kier alpha value is -3.93. The van der Waals surface area contributed by atoms with Crippen LogP contribution >= 0.6 is 0 Å². The molecule has 3 aromatic rings. The number of para-hydroxylation sites is 2. The molecule has 152 valence electrons. The van der Waals surface area contributed by atoms with Crippen LogP contribution in [-0.4, -0.2) is 25.1 Å². The highest BCUT2D eigenvalue weighted by atomic mass is 16.5. The van der Waals surface area contributed by atoms with Gasteiger partial charge in [0.15, 0.2) is 0 Å². The van der Waals surface area contributed by atoms with Gasteiger partial charge in [0.25, 0.3) is 0 Å². The lowest BCUT2D eigenvalue weighted by atomic mass is 10.2. The van der Waals surface area contributed by atoms with Crippen molar-refractivity contribution in [2.75, 3.05) is 12.0 Å². The normalized spacial score (nSPS) is 10.6. The Kier molecular flexibility index (Phi) is 7.33. The molecular weight excluding hydrogens is 378 g/mol. The number of anilines is 2. The first-order valence-electron chi connectivity index (χ1n) is 9.56. The number of rotatable bonds is 8. The fraction of sp³-hybridized carbons (Fsp3) is 0.125. The van der Waals surface area contributed by atoms with Crippen LogP contribution in [0.5, 0.6) is 5.75 Å². The summed E-state index contributed by atoms with van der Waals surface area (Å²) in [6, 6.07) is 26.0. The van der Waals surface area contributed by atoms with Gasteiger partial charge in [-0.15, -0.1) is 0 Å². The molecule has 0 atom stereocenters. The molecule has 0 spiro atoms. The van der Waals surface area contributed by atoms with E-state index in [1.165, 1.54) is 0 Å². The van der Waals surface area contributed by atoms with Crippen molar-refractivity contribution >= 4 is 29.4 Å². The van der Waals surface area contributed by atoms with Crippen LogP contribution in [0.2, 0.25) is 0 Å². The minimum Gasteiger partial charge on any atom is -0.497 e. The average molecular weight is 401 g/mol. The third-order valence-corrected chi connectivity index (χ3v) is 4.36. The molecule has 0 saturated heterocycles. The lowest BCUT2D eigenvalue weighted by molar-refractivity contribution is -0.124. The van der Waals surface area contributed by atoms with E-state index >= 15 is 0 Å². The van der Waals surface area contributed by atoms with Crippen molar-refractivity contribution in [2.24, 2.45) is 5.10 Å². The number of carbonyl (C=O) groups excluding carboxylic acids is 2. The van der Waals surface area contributed by atoms with Crippen molar-refractivity contribution < 1.29 is 14.3 Å². The molecule has 1 N–H and O–H groups in total. The molecule has 0 bridgehead atoms. The first-order chi connectivity index (χ1) is 14.7. The molecule has 0 aliphatic rings. The number of hydrazone groups is 1. The highest BCUT2D eigenvalue weighted by molar-refractivity contribution is 6.01. The first kappa shape index (κ1) is 20.8. The van der Waals surface area contributed by atoms with Crippen molar-refractivity contribution in [3.63, 3.8) is 0 Å². The van der Waals surface area contributed by atoms with Gasteiger partial charge >= 0.3 is 0 Å². The molecule has 0 aliphatic heterocycles. The summed E-state index contributed by atoms with van der Waals surface area (Å²) in [4.78, 5) is 26.6. The fourth-order valence-electron chi connectivity index (χ4n) is 2.85. The smallest absolute Gasteiger partial charge is 0.240 e. The van der Waals surface area contributed by atoms with E-state index < -0.39 is 0 Å². The van der Waals surface area contributed by atoms with E-state index in [0.717, 1.165) is 22.7 Å². The maximum absolute atomic E-state index is 12.9. The van der Waals surface area contributed by atoms with E-state index in [-0.39, 0.29) is 24.7 Å². The highest BCUT2D eigenvalue weighted by Gasteiger charge is 2.18. The minimum atomic E-state index is -0.325. The predicted octanol–water partition coefficient (Wildman–Crippen LogP) is 4.29. The summed E-state index contributed by atoms with van der Waals surface area (Å²) in [7, 11) is 1.60. The van der Waals surface area contributed by atoms with Gasteiger partial charge in [0.1, 0.15) is 5.75 Å². The van der Waals surface area contributed by atoms with Gasteiger partial charge in [-0.3, -0.25) is 14.5 Å². The summed E-state index contributed by atoms with van der Waals surface area (Å²) in [6.07, 6.45) is 1.64. The SMILES string of the molecule is COc1ccc(/C=N/NC(=O)CCC(=O)N(c2ccccc2)c2ccccc2)cc1. The summed E-state index contributed by atoms with van der Waals surface area (Å²) >= 11 is 0. The summed E-state index contributed by atoms with van der Waals surface area (Å²) in [5, 5.41) is 3.95. The Morgan fingerprint density at radius 1 is 0.867 bits per heavy atom. The first-order valence-corrected chi connectivity index (χ1v) is 9.56. The van der Waals surface area contributed by atoms with Crippen LogP contribution in [0.4, 0.5) is 11.4 Å². The molecule has 3 aromatic carbocycles. The van der Waals surface area contributed by atoms with Crippen molar-refractivity contribution in [1.82, 2.24) is 5.43 Å². The number of carbonyl (C=O) groups is 2. The van der Waals surface area contributed by atoms with E-state index in [0.29, 0.717) is 0 Å². The molecule has 2 amide bonds. The van der Waals surface area contributed by atoms with Crippen LogP contribution < -0.4 is 15.1 Å². The third kappa shape index (κ3) is 5.78. The third-order valence-electron chi connectivity index (χ3n) is 4.36. The molecule has 0 fully saturated rings. The van der Waals surface area contributed by atoms with Crippen molar-refractivity contribution in [3.05, 3.63) is 90.5 Å². The predicted molar refractivity (Wildman–Crippen MR) is 118 cm³/mol. The standard InChI is InChI=1S/C24H23N3O3/c1-30-22-14-12-19(13-15-22)18-25-26-23(28)16-17-24(29)27(20-8-4-2-5-9-20)21-10-6-3-7-11-21/h2-15,18H,16-17H2,1H3,(H,26,28)/b25-18+. The van der Waals surface area contributed by atoms with Gasteiger partial charge in [0.05, 0.1) is 13.3 Å². The van der Waals surface area contributed by atoms with Gasteiger partial charge in [-0.2, -0.15) is 5.10 Å². The minimum absolute atomic E-state index is 0.0367. The maximum atomic E-state index is 12.9. The fourth-order valence-corrected chi connectivity index (χ4v) is 2.85. The van der Waals surface area contributed by atoms with E-state index in [1.54, 1.807) is 18.2 Å². The second kappa shape index (κ2) is 10.6. The molecular formula is C24H23N3O3. The van der Waals surface area contributed by atoms with E-state index in [9.17, 15) is 9.59 Å². The number of hydrogen-bond donors (Lipinski definition) is 1. The Morgan fingerprint density at radius 3 is 1.97 bits per heavy atom. The lowest BCUT2D eigenvalue weighted by Crippen LogP contribution is -2.27. The van der Waals surface area contributed by atoms with Crippen LogP contribution in [0.15, 0.2) is 90.0 Å². The molecule has 0 aromatic heterocycles. The Balaban J connectivity index is 1.58. The van der Waals surface area contributed by atoms with Gasteiger partial charge in [-0.05, 0) is 54.1 Å². The molecule has 30 heavy (non-hydrogen) atoms.